The number of para-hydroxylation sites is 1. The Morgan fingerprint density at radius 2 is 1.35 bits per heavy atom. The van der Waals surface area contributed by atoms with Crippen LogP contribution >= 0.6 is 34.8 Å². The molecular formula is C13H9Cl3O. The Kier molecular flexibility index (Phi) is 3.82. The maximum absolute atomic E-state index is 5.64. The van der Waals surface area contributed by atoms with Crippen LogP contribution in [0.5, 0.6) is 5.75 Å². The van der Waals surface area contributed by atoms with Gasteiger partial charge in [0, 0.05) is 5.56 Å². The maximum atomic E-state index is 5.64. The van der Waals surface area contributed by atoms with E-state index < -0.39 is 3.98 Å². The molecule has 0 atom stereocenters. The fourth-order valence-electron chi connectivity index (χ4n) is 1.54. The van der Waals surface area contributed by atoms with Crippen LogP contribution in [0, 0.1) is 0 Å². The van der Waals surface area contributed by atoms with E-state index in [0.717, 1.165) is 11.1 Å². The molecule has 2 rings (SSSR count). The van der Waals surface area contributed by atoms with E-state index >= 15 is 0 Å². The lowest BCUT2D eigenvalue weighted by molar-refractivity contribution is 0.322. The van der Waals surface area contributed by atoms with Gasteiger partial charge >= 0.3 is 3.98 Å². The topological polar surface area (TPSA) is 9.23 Å². The summed E-state index contributed by atoms with van der Waals surface area (Å²) >= 11 is 16.9. The van der Waals surface area contributed by atoms with Crippen molar-refractivity contribution in [2.75, 3.05) is 0 Å². The van der Waals surface area contributed by atoms with Crippen molar-refractivity contribution in [1.29, 1.82) is 0 Å². The summed E-state index contributed by atoms with van der Waals surface area (Å²) in [6.07, 6.45) is 0. The van der Waals surface area contributed by atoms with Gasteiger partial charge in [-0.2, -0.15) is 0 Å². The summed E-state index contributed by atoms with van der Waals surface area (Å²) in [5.41, 5.74) is 1.90. The van der Waals surface area contributed by atoms with E-state index in [9.17, 15) is 0 Å². The van der Waals surface area contributed by atoms with Crippen LogP contribution in [-0.4, -0.2) is 3.98 Å². The van der Waals surface area contributed by atoms with Gasteiger partial charge in [-0.1, -0.05) is 48.5 Å². The van der Waals surface area contributed by atoms with Gasteiger partial charge < -0.3 is 4.74 Å². The summed E-state index contributed by atoms with van der Waals surface area (Å²) in [4.78, 5) is 0. The Morgan fingerprint density at radius 1 is 0.765 bits per heavy atom. The molecule has 2 aromatic rings. The molecule has 0 aliphatic rings. The molecule has 0 saturated heterocycles. The van der Waals surface area contributed by atoms with Gasteiger partial charge in [-0.05, 0) is 46.4 Å². The minimum Gasteiger partial charge on any atom is -0.445 e. The Balaban J connectivity index is 2.41. The highest BCUT2D eigenvalue weighted by atomic mass is 35.6. The zero-order valence-corrected chi connectivity index (χ0v) is 11.0. The van der Waals surface area contributed by atoms with Gasteiger partial charge in [0.1, 0.15) is 5.75 Å². The number of alkyl halides is 3. The molecule has 0 unspecified atom stereocenters. The zero-order chi connectivity index (χ0) is 12.3. The van der Waals surface area contributed by atoms with E-state index in [1.54, 1.807) is 6.07 Å². The predicted octanol–water partition coefficient (Wildman–Crippen LogP) is 5.06. The molecular weight excluding hydrogens is 279 g/mol. The molecule has 4 heteroatoms. The molecule has 0 aliphatic heterocycles. The van der Waals surface area contributed by atoms with Crippen molar-refractivity contribution in [3.05, 3.63) is 54.6 Å². The third kappa shape index (κ3) is 3.53. The van der Waals surface area contributed by atoms with Crippen molar-refractivity contribution < 1.29 is 4.74 Å². The fraction of sp³-hybridized carbons (Fsp3) is 0.0769. The minimum atomic E-state index is -1.76. The molecule has 0 saturated carbocycles. The van der Waals surface area contributed by atoms with Crippen LogP contribution in [0.15, 0.2) is 54.6 Å². The number of rotatable bonds is 2. The summed E-state index contributed by atoms with van der Waals surface area (Å²) in [7, 11) is 0. The van der Waals surface area contributed by atoms with Crippen molar-refractivity contribution in [1.82, 2.24) is 0 Å². The van der Waals surface area contributed by atoms with E-state index in [1.165, 1.54) is 0 Å². The number of halogens is 3. The lowest BCUT2D eigenvalue weighted by Gasteiger charge is -2.16. The van der Waals surface area contributed by atoms with Crippen molar-refractivity contribution in [2.24, 2.45) is 0 Å². The Morgan fingerprint density at radius 3 is 2.00 bits per heavy atom. The number of hydrogen-bond donors (Lipinski definition) is 0. The monoisotopic (exact) mass is 286 g/mol. The number of hydrogen-bond acceptors (Lipinski definition) is 1. The summed E-state index contributed by atoms with van der Waals surface area (Å²) in [6, 6.07) is 17.2. The smallest absolute Gasteiger partial charge is 0.338 e. The lowest BCUT2D eigenvalue weighted by atomic mass is 10.1. The van der Waals surface area contributed by atoms with Crippen LogP contribution in [0.3, 0.4) is 0 Å². The van der Waals surface area contributed by atoms with Gasteiger partial charge in [0.15, 0.2) is 0 Å². The summed E-state index contributed by atoms with van der Waals surface area (Å²) < 4.78 is 3.52. The molecule has 88 valence electrons. The normalized spacial score (nSPS) is 11.2. The maximum Gasteiger partial charge on any atom is 0.338 e. The van der Waals surface area contributed by atoms with Crippen molar-refractivity contribution in [2.45, 2.75) is 3.98 Å². The second-order valence-electron chi connectivity index (χ2n) is 3.41. The first-order valence-electron chi connectivity index (χ1n) is 4.96. The van der Waals surface area contributed by atoms with Crippen molar-refractivity contribution >= 4 is 34.8 Å². The van der Waals surface area contributed by atoms with Crippen LogP contribution in [0.2, 0.25) is 0 Å². The number of benzene rings is 2. The highest BCUT2D eigenvalue weighted by Crippen LogP contribution is 2.36. The van der Waals surface area contributed by atoms with Gasteiger partial charge in [-0.3, -0.25) is 0 Å². The lowest BCUT2D eigenvalue weighted by Crippen LogP contribution is -2.13. The van der Waals surface area contributed by atoms with Gasteiger partial charge in [0.25, 0.3) is 0 Å². The van der Waals surface area contributed by atoms with E-state index in [-0.39, 0.29) is 0 Å². The highest BCUT2D eigenvalue weighted by Gasteiger charge is 2.23. The molecule has 0 spiro atoms. The van der Waals surface area contributed by atoms with Gasteiger partial charge in [-0.25, -0.2) is 0 Å². The van der Waals surface area contributed by atoms with Crippen LogP contribution in [0.25, 0.3) is 11.1 Å². The Bertz CT molecular complexity index is 492. The van der Waals surface area contributed by atoms with E-state index in [1.807, 2.05) is 48.5 Å². The Hall–Kier alpha value is -0.890. The molecule has 0 fully saturated rings. The highest BCUT2D eigenvalue weighted by molar-refractivity contribution is 6.66. The second-order valence-corrected chi connectivity index (χ2v) is 5.59. The first-order valence-corrected chi connectivity index (χ1v) is 6.10. The van der Waals surface area contributed by atoms with Crippen LogP contribution < -0.4 is 4.74 Å². The summed E-state index contributed by atoms with van der Waals surface area (Å²) in [5.74, 6) is 0.540. The molecule has 2 aromatic carbocycles. The Labute approximate surface area is 115 Å². The number of ether oxygens (including phenoxy) is 1. The molecule has 17 heavy (non-hydrogen) atoms. The second kappa shape index (κ2) is 5.18. The van der Waals surface area contributed by atoms with Crippen molar-refractivity contribution in [3.63, 3.8) is 0 Å². The predicted molar refractivity (Wildman–Crippen MR) is 72.8 cm³/mol. The first kappa shape index (κ1) is 12.6. The van der Waals surface area contributed by atoms with Gasteiger partial charge in [0.2, 0.25) is 0 Å². The molecule has 0 bridgehead atoms. The molecule has 0 amide bonds. The average Bonchev–Trinajstić information content (AvgIpc) is 2.29. The molecule has 1 nitrogen and oxygen atoms in total. The first-order chi connectivity index (χ1) is 8.06. The fourth-order valence-corrected chi connectivity index (χ4v) is 1.79. The van der Waals surface area contributed by atoms with Gasteiger partial charge in [-0.15, -0.1) is 0 Å². The zero-order valence-electron chi connectivity index (χ0n) is 8.74. The standard InChI is InChI=1S/C13H9Cl3O/c14-13(15,16)17-12-9-5-4-8-11(12)10-6-2-1-3-7-10/h1-9H. The van der Waals surface area contributed by atoms with E-state index in [4.69, 9.17) is 39.5 Å². The van der Waals surface area contributed by atoms with E-state index in [0.29, 0.717) is 5.75 Å². The molecule has 0 radical (unpaired) electrons. The van der Waals surface area contributed by atoms with Crippen LogP contribution in [0.4, 0.5) is 0 Å². The summed E-state index contributed by atoms with van der Waals surface area (Å²) in [6.45, 7) is 0. The minimum absolute atomic E-state index is 0.540. The SMILES string of the molecule is ClC(Cl)(Cl)Oc1ccccc1-c1ccccc1. The third-order valence-electron chi connectivity index (χ3n) is 2.20. The van der Waals surface area contributed by atoms with Crippen LogP contribution in [-0.2, 0) is 0 Å². The average molecular weight is 288 g/mol. The summed E-state index contributed by atoms with van der Waals surface area (Å²) in [5, 5.41) is 0. The van der Waals surface area contributed by atoms with E-state index in [2.05, 4.69) is 0 Å². The largest absolute Gasteiger partial charge is 0.445 e. The van der Waals surface area contributed by atoms with Gasteiger partial charge in [0.05, 0.1) is 0 Å². The quantitative estimate of drug-likeness (QED) is 0.702. The molecule has 0 aromatic heterocycles. The van der Waals surface area contributed by atoms with Crippen LogP contribution in [0.1, 0.15) is 0 Å². The third-order valence-corrected chi connectivity index (χ3v) is 2.43. The molecule has 0 heterocycles. The molecule has 0 aliphatic carbocycles. The molecule has 0 N–H and O–H groups in total. The van der Waals surface area contributed by atoms with Crippen molar-refractivity contribution in [3.8, 4) is 16.9 Å².